The van der Waals surface area contributed by atoms with E-state index < -0.39 is 0 Å². The highest BCUT2D eigenvalue weighted by Crippen LogP contribution is 2.48. The van der Waals surface area contributed by atoms with Crippen LogP contribution in [0.25, 0.3) is 0 Å². The van der Waals surface area contributed by atoms with Crippen LogP contribution in [0.5, 0.6) is 5.75 Å². The zero-order valence-corrected chi connectivity index (χ0v) is 14.1. The maximum atomic E-state index is 6.35. The largest absolute Gasteiger partial charge is 0.487 e. The summed E-state index contributed by atoms with van der Waals surface area (Å²) in [5, 5.41) is 3.88. The summed E-state index contributed by atoms with van der Waals surface area (Å²) in [7, 11) is 0. The molecule has 4 heteroatoms. The van der Waals surface area contributed by atoms with Crippen LogP contribution in [0.1, 0.15) is 44.2 Å². The van der Waals surface area contributed by atoms with Gasteiger partial charge in [0.05, 0.1) is 13.2 Å². The van der Waals surface area contributed by atoms with Gasteiger partial charge in [0.25, 0.3) is 0 Å². The number of hydrogen-bond acceptors (Lipinski definition) is 4. The summed E-state index contributed by atoms with van der Waals surface area (Å²) in [6.45, 7) is 7.25. The lowest BCUT2D eigenvalue weighted by atomic mass is 9.73. The molecule has 2 heterocycles. The van der Waals surface area contributed by atoms with Crippen molar-refractivity contribution in [2.24, 2.45) is 0 Å². The number of ether oxygens (including phenoxy) is 2. The van der Waals surface area contributed by atoms with Gasteiger partial charge in [0.15, 0.2) is 0 Å². The molecule has 23 heavy (non-hydrogen) atoms. The first kappa shape index (κ1) is 15.4. The van der Waals surface area contributed by atoms with E-state index in [0.717, 1.165) is 45.0 Å². The molecule has 0 amide bonds. The average Bonchev–Trinajstić information content (AvgIpc) is 2.54. The van der Waals surface area contributed by atoms with E-state index in [1.807, 2.05) is 0 Å². The summed E-state index contributed by atoms with van der Waals surface area (Å²) in [5.41, 5.74) is 1.43. The van der Waals surface area contributed by atoms with E-state index in [4.69, 9.17) is 9.47 Å². The second-order valence-electron chi connectivity index (χ2n) is 7.41. The normalized spacial score (nSPS) is 27.8. The fourth-order valence-electron chi connectivity index (χ4n) is 4.21. The number of para-hydroxylation sites is 1. The molecular formula is C19H28N2O2. The molecule has 126 valence electrons. The molecule has 1 saturated heterocycles. The van der Waals surface area contributed by atoms with E-state index in [2.05, 4.69) is 41.4 Å². The highest BCUT2D eigenvalue weighted by Gasteiger charge is 2.45. The van der Waals surface area contributed by atoms with Crippen molar-refractivity contribution < 1.29 is 9.47 Å². The van der Waals surface area contributed by atoms with Crippen LogP contribution in [0.2, 0.25) is 0 Å². The van der Waals surface area contributed by atoms with E-state index in [-0.39, 0.29) is 5.60 Å². The Morgan fingerprint density at radius 1 is 1.26 bits per heavy atom. The first-order valence-corrected chi connectivity index (χ1v) is 9.08. The van der Waals surface area contributed by atoms with Gasteiger partial charge < -0.3 is 14.8 Å². The summed E-state index contributed by atoms with van der Waals surface area (Å²) in [5.74, 6) is 1.09. The molecule has 4 rings (SSSR count). The molecule has 2 fully saturated rings. The van der Waals surface area contributed by atoms with Crippen LogP contribution in [0.3, 0.4) is 0 Å². The predicted molar refractivity (Wildman–Crippen MR) is 90.9 cm³/mol. The van der Waals surface area contributed by atoms with Gasteiger partial charge in [-0.3, -0.25) is 4.90 Å². The standard InChI is InChI=1S/C19H28N2O2/c1-15(14-21-9-11-22-12-10-21)20-17-13-19(7-4-8-19)23-18-6-3-2-5-16(17)18/h2-3,5-6,15,17,20H,4,7-14H2,1H3/t15-,17+/m0/s1. The van der Waals surface area contributed by atoms with Crippen LogP contribution < -0.4 is 10.1 Å². The lowest BCUT2D eigenvalue weighted by molar-refractivity contribution is -0.0386. The molecule has 2 aliphatic heterocycles. The smallest absolute Gasteiger partial charge is 0.124 e. The SMILES string of the molecule is C[C@@H](CN1CCOCC1)N[C@@H]1CC2(CCC2)Oc2ccccc21. The number of nitrogens with one attached hydrogen (secondary N) is 1. The fourth-order valence-corrected chi connectivity index (χ4v) is 4.21. The van der Waals surface area contributed by atoms with Gasteiger partial charge >= 0.3 is 0 Å². The van der Waals surface area contributed by atoms with Gasteiger partial charge in [0, 0.05) is 43.7 Å². The second-order valence-corrected chi connectivity index (χ2v) is 7.41. The predicted octanol–water partition coefficient (Wildman–Crippen LogP) is 2.74. The van der Waals surface area contributed by atoms with Crippen molar-refractivity contribution in [1.29, 1.82) is 0 Å². The monoisotopic (exact) mass is 316 g/mol. The minimum absolute atomic E-state index is 0.102. The second kappa shape index (κ2) is 6.42. The van der Waals surface area contributed by atoms with Crippen molar-refractivity contribution in [3.05, 3.63) is 29.8 Å². The third-order valence-electron chi connectivity index (χ3n) is 5.58. The molecule has 0 unspecified atom stereocenters. The Labute approximate surface area is 139 Å². The summed E-state index contributed by atoms with van der Waals surface area (Å²) < 4.78 is 11.8. The maximum absolute atomic E-state index is 6.35. The highest BCUT2D eigenvalue weighted by atomic mass is 16.5. The molecule has 1 aromatic carbocycles. The molecule has 1 saturated carbocycles. The molecule has 0 radical (unpaired) electrons. The fraction of sp³-hybridized carbons (Fsp3) is 0.684. The summed E-state index contributed by atoms with van der Waals surface area (Å²) >= 11 is 0. The first-order valence-electron chi connectivity index (χ1n) is 9.08. The quantitative estimate of drug-likeness (QED) is 0.926. The Hall–Kier alpha value is -1.10. The minimum atomic E-state index is 0.102. The Morgan fingerprint density at radius 2 is 2.04 bits per heavy atom. The van der Waals surface area contributed by atoms with Gasteiger partial charge in [-0.1, -0.05) is 18.2 Å². The summed E-state index contributed by atoms with van der Waals surface area (Å²) in [4.78, 5) is 2.51. The van der Waals surface area contributed by atoms with E-state index in [0.29, 0.717) is 12.1 Å². The summed E-state index contributed by atoms with van der Waals surface area (Å²) in [6, 6.07) is 9.46. The van der Waals surface area contributed by atoms with Crippen LogP contribution in [0, 0.1) is 0 Å². The van der Waals surface area contributed by atoms with E-state index >= 15 is 0 Å². The minimum Gasteiger partial charge on any atom is -0.487 e. The van der Waals surface area contributed by atoms with Gasteiger partial charge in [0.2, 0.25) is 0 Å². The lowest BCUT2D eigenvalue weighted by Crippen LogP contribution is -2.51. The third-order valence-corrected chi connectivity index (χ3v) is 5.58. The zero-order chi connectivity index (χ0) is 15.7. The molecule has 1 spiro atoms. The molecule has 0 aromatic heterocycles. The number of benzene rings is 1. The van der Waals surface area contributed by atoms with Gasteiger partial charge in [-0.15, -0.1) is 0 Å². The molecular weight excluding hydrogens is 288 g/mol. The van der Waals surface area contributed by atoms with Crippen LogP contribution in [-0.2, 0) is 4.74 Å². The van der Waals surface area contributed by atoms with Crippen molar-refractivity contribution in [2.75, 3.05) is 32.8 Å². The zero-order valence-electron chi connectivity index (χ0n) is 14.1. The lowest BCUT2D eigenvalue weighted by Gasteiger charge is -2.48. The van der Waals surface area contributed by atoms with Crippen LogP contribution >= 0.6 is 0 Å². The number of nitrogens with zero attached hydrogens (tertiary/aromatic N) is 1. The average molecular weight is 316 g/mol. The number of rotatable bonds is 4. The van der Waals surface area contributed by atoms with Gasteiger partial charge in [-0.05, 0) is 32.3 Å². The number of hydrogen-bond donors (Lipinski definition) is 1. The molecule has 3 aliphatic rings. The molecule has 1 N–H and O–H groups in total. The van der Waals surface area contributed by atoms with Crippen molar-refractivity contribution >= 4 is 0 Å². The molecule has 1 aromatic rings. The van der Waals surface area contributed by atoms with Gasteiger partial charge in [-0.2, -0.15) is 0 Å². The van der Waals surface area contributed by atoms with Crippen LogP contribution in [0.15, 0.2) is 24.3 Å². The van der Waals surface area contributed by atoms with Crippen molar-refractivity contribution in [1.82, 2.24) is 10.2 Å². The molecule has 4 nitrogen and oxygen atoms in total. The maximum Gasteiger partial charge on any atom is 0.124 e. The van der Waals surface area contributed by atoms with Gasteiger partial charge in [-0.25, -0.2) is 0 Å². The van der Waals surface area contributed by atoms with Crippen molar-refractivity contribution in [2.45, 2.75) is 50.3 Å². The molecule has 1 aliphatic carbocycles. The Balaban J connectivity index is 1.44. The van der Waals surface area contributed by atoms with Crippen molar-refractivity contribution in [3.8, 4) is 5.75 Å². The van der Waals surface area contributed by atoms with E-state index in [1.165, 1.54) is 24.8 Å². The van der Waals surface area contributed by atoms with E-state index in [9.17, 15) is 0 Å². The van der Waals surface area contributed by atoms with Crippen molar-refractivity contribution in [3.63, 3.8) is 0 Å². The highest BCUT2D eigenvalue weighted by molar-refractivity contribution is 5.39. The molecule has 2 atom stereocenters. The Kier molecular flexibility index (Phi) is 4.31. The topological polar surface area (TPSA) is 33.7 Å². The molecule has 0 bridgehead atoms. The van der Waals surface area contributed by atoms with Gasteiger partial charge in [0.1, 0.15) is 11.4 Å². The number of fused-ring (bicyclic) bond motifs is 1. The third kappa shape index (κ3) is 3.25. The first-order chi connectivity index (χ1) is 11.2. The Morgan fingerprint density at radius 3 is 2.78 bits per heavy atom. The Bertz CT molecular complexity index is 538. The summed E-state index contributed by atoms with van der Waals surface area (Å²) in [6.07, 6.45) is 4.82. The van der Waals surface area contributed by atoms with Crippen LogP contribution in [-0.4, -0.2) is 49.4 Å². The van der Waals surface area contributed by atoms with E-state index in [1.54, 1.807) is 0 Å². The number of morpholine rings is 1. The van der Waals surface area contributed by atoms with Crippen LogP contribution in [0.4, 0.5) is 0 Å².